The van der Waals surface area contributed by atoms with Crippen molar-refractivity contribution in [3.05, 3.63) is 35.4 Å². The average molecular weight is 286 g/mol. The minimum absolute atomic E-state index is 0. The third kappa shape index (κ3) is 4.67. The summed E-state index contributed by atoms with van der Waals surface area (Å²) in [6.07, 6.45) is 2.52. The van der Waals surface area contributed by atoms with Gasteiger partial charge in [0.1, 0.15) is 0 Å². The molecule has 1 aromatic rings. The van der Waals surface area contributed by atoms with Crippen molar-refractivity contribution in [2.45, 2.75) is 19.8 Å². The van der Waals surface area contributed by atoms with Crippen LogP contribution < -0.4 is 0 Å². The molecule has 0 atom stereocenters. The number of rotatable bonds is 3. The minimum atomic E-state index is 0. The molecule has 12 heavy (non-hydrogen) atoms. The van der Waals surface area contributed by atoms with Crippen molar-refractivity contribution >= 4 is 45.6 Å². The van der Waals surface area contributed by atoms with Crippen molar-refractivity contribution in [3.8, 4) is 0 Å². The van der Waals surface area contributed by atoms with Gasteiger partial charge in [0.2, 0.25) is 0 Å². The predicted octanol–water partition coefficient (Wildman–Crippen LogP) is 2.45. The van der Waals surface area contributed by atoms with Crippen molar-refractivity contribution in [3.63, 3.8) is 0 Å². The number of halogens is 1. The quantitative estimate of drug-likeness (QED) is 0.455. The second kappa shape index (κ2) is 7.15. The third-order valence-corrected chi connectivity index (χ3v) is 2.48. The Hall–Kier alpha value is 0.716. The van der Waals surface area contributed by atoms with Crippen LogP contribution in [-0.4, -0.2) is 27.5 Å². The van der Waals surface area contributed by atoms with Crippen LogP contribution >= 0.6 is 22.6 Å². The topological polar surface area (TPSA) is 0 Å². The Morgan fingerprint density at radius 2 is 1.75 bits per heavy atom. The molecule has 0 amide bonds. The third-order valence-electron chi connectivity index (χ3n) is 1.72. The van der Waals surface area contributed by atoms with Crippen molar-refractivity contribution in [2.24, 2.45) is 0 Å². The van der Waals surface area contributed by atoms with Gasteiger partial charge in [-0.25, -0.2) is 0 Å². The molecule has 1 rings (SSSR count). The molecular weight excluding hydrogens is 271 g/mol. The molecule has 0 aromatic heterocycles. The maximum absolute atomic E-state index is 2.42. The Morgan fingerprint density at radius 1 is 1.17 bits per heavy atom. The van der Waals surface area contributed by atoms with Crippen LogP contribution in [-0.2, 0) is 6.42 Å². The van der Waals surface area contributed by atoms with Crippen molar-refractivity contribution in [2.75, 3.05) is 4.43 Å². The van der Waals surface area contributed by atoms with E-state index in [1.165, 1.54) is 28.4 Å². The lowest BCUT2D eigenvalue weighted by Gasteiger charge is -1.98. The molecule has 2 heteroatoms. The zero-order valence-electron chi connectivity index (χ0n) is 6.81. The molecule has 0 saturated carbocycles. The van der Waals surface area contributed by atoms with Gasteiger partial charge in [-0.15, -0.1) is 0 Å². The lowest BCUT2D eigenvalue weighted by Crippen LogP contribution is -1.85. The van der Waals surface area contributed by atoms with Gasteiger partial charge in [0.05, 0.1) is 0 Å². The SMILES string of the molecule is Cc1ccc(CCCI)cc1.[MgH2]. The van der Waals surface area contributed by atoms with E-state index in [9.17, 15) is 0 Å². The molecule has 0 aliphatic rings. The highest BCUT2D eigenvalue weighted by molar-refractivity contribution is 14.1. The standard InChI is InChI=1S/C10H13I.Mg.2H/c1-9-4-6-10(7-5-9)3-2-8-11;;;/h4-7H,2-3,8H2,1H3;;;. The summed E-state index contributed by atoms with van der Waals surface area (Å²) in [5.74, 6) is 0. The smallest absolute Gasteiger partial charge is 0.0864 e. The fourth-order valence-corrected chi connectivity index (χ4v) is 1.41. The normalized spacial score (nSPS) is 9.17. The highest BCUT2D eigenvalue weighted by atomic mass is 127. The van der Waals surface area contributed by atoms with Gasteiger partial charge in [0.25, 0.3) is 0 Å². The molecule has 0 N–H and O–H groups in total. The summed E-state index contributed by atoms with van der Waals surface area (Å²) >= 11 is 2.42. The van der Waals surface area contributed by atoms with Gasteiger partial charge in [0, 0.05) is 0 Å². The van der Waals surface area contributed by atoms with E-state index in [4.69, 9.17) is 0 Å². The Balaban J connectivity index is 0.00000121. The lowest BCUT2D eigenvalue weighted by atomic mass is 10.1. The monoisotopic (exact) mass is 286 g/mol. The predicted molar refractivity (Wildman–Crippen MR) is 66.9 cm³/mol. The molecule has 0 bridgehead atoms. The Labute approximate surface area is 104 Å². The summed E-state index contributed by atoms with van der Waals surface area (Å²) in [7, 11) is 0. The fraction of sp³-hybridized carbons (Fsp3) is 0.400. The van der Waals surface area contributed by atoms with Gasteiger partial charge >= 0.3 is 23.1 Å². The maximum atomic E-state index is 2.42. The molecule has 0 saturated heterocycles. The summed E-state index contributed by atoms with van der Waals surface area (Å²) in [5, 5.41) is 0. The van der Waals surface area contributed by atoms with E-state index in [1.54, 1.807) is 0 Å². The molecule has 0 aliphatic carbocycles. The first kappa shape index (κ1) is 12.7. The second-order valence-electron chi connectivity index (χ2n) is 2.78. The Bertz CT molecular complexity index is 206. The number of benzene rings is 1. The van der Waals surface area contributed by atoms with Crippen LogP contribution in [0.15, 0.2) is 24.3 Å². The van der Waals surface area contributed by atoms with Crippen molar-refractivity contribution < 1.29 is 0 Å². The van der Waals surface area contributed by atoms with Crippen molar-refractivity contribution in [1.82, 2.24) is 0 Å². The van der Waals surface area contributed by atoms with Crippen LogP contribution in [0.5, 0.6) is 0 Å². The van der Waals surface area contributed by atoms with E-state index >= 15 is 0 Å². The number of alkyl halides is 1. The minimum Gasteiger partial charge on any atom is -0.0864 e. The molecule has 64 valence electrons. The largest absolute Gasteiger partial charge is 0.316 e. The van der Waals surface area contributed by atoms with Crippen LogP contribution in [0.25, 0.3) is 0 Å². The molecule has 0 aliphatic heterocycles. The van der Waals surface area contributed by atoms with E-state index in [-0.39, 0.29) is 23.1 Å². The maximum Gasteiger partial charge on any atom is 0.316 e. The first-order chi connectivity index (χ1) is 5.33. The highest BCUT2D eigenvalue weighted by Gasteiger charge is 1.90. The van der Waals surface area contributed by atoms with E-state index < -0.39 is 0 Å². The summed E-state index contributed by atoms with van der Waals surface area (Å²) in [4.78, 5) is 0. The van der Waals surface area contributed by atoms with Crippen LogP contribution in [0.4, 0.5) is 0 Å². The Morgan fingerprint density at radius 3 is 2.25 bits per heavy atom. The summed E-state index contributed by atoms with van der Waals surface area (Å²) in [5.41, 5.74) is 2.82. The number of hydrogen-bond donors (Lipinski definition) is 0. The van der Waals surface area contributed by atoms with Crippen LogP contribution in [0.2, 0.25) is 0 Å². The van der Waals surface area contributed by atoms with Gasteiger partial charge in [-0.05, 0) is 29.8 Å². The Kier molecular flexibility index (Phi) is 7.58. The first-order valence-corrected chi connectivity index (χ1v) is 5.47. The van der Waals surface area contributed by atoms with E-state index in [2.05, 4.69) is 53.8 Å². The van der Waals surface area contributed by atoms with Crippen LogP contribution in [0, 0.1) is 6.92 Å². The van der Waals surface area contributed by atoms with E-state index in [0.29, 0.717) is 0 Å². The van der Waals surface area contributed by atoms with E-state index in [1.807, 2.05) is 0 Å². The highest BCUT2D eigenvalue weighted by Crippen LogP contribution is 2.06. The first-order valence-electron chi connectivity index (χ1n) is 3.94. The zero-order valence-corrected chi connectivity index (χ0v) is 8.97. The summed E-state index contributed by atoms with van der Waals surface area (Å²) in [6.45, 7) is 2.13. The van der Waals surface area contributed by atoms with Crippen LogP contribution in [0.3, 0.4) is 0 Å². The molecular formula is C10H15IMg. The molecule has 0 fully saturated rings. The summed E-state index contributed by atoms with van der Waals surface area (Å²) in [6, 6.07) is 8.81. The van der Waals surface area contributed by atoms with Gasteiger partial charge in [-0.2, -0.15) is 0 Å². The number of hydrogen-bond acceptors (Lipinski definition) is 0. The van der Waals surface area contributed by atoms with Gasteiger partial charge in [-0.1, -0.05) is 52.4 Å². The van der Waals surface area contributed by atoms with Gasteiger partial charge in [-0.3, -0.25) is 0 Å². The lowest BCUT2D eigenvalue weighted by molar-refractivity contribution is 0.945. The molecule has 0 spiro atoms. The van der Waals surface area contributed by atoms with Crippen LogP contribution in [0.1, 0.15) is 17.5 Å². The van der Waals surface area contributed by atoms with Crippen molar-refractivity contribution in [1.29, 1.82) is 0 Å². The fourth-order valence-electron chi connectivity index (χ4n) is 1.03. The molecule has 0 radical (unpaired) electrons. The second-order valence-corrected chi connectivity index (χ2v) is 3.86. The van der Waals surface area contributed by atoms with E-state index in [0.717, 1.165) is 0 Å². The zero-order chi connectivity index (χ0) is 8.10. The molecule has 0 heterocycles. The summed E-state index contributed by atoms with van der Waals surface area (Å²) < 4.78 is 1.26. The number of aryl methyl sites for hydroxylation is 2. The average Bonchev–Trinajstić information content (AvgIpc) is 2.04. The van der Waals surface area contributed by atoms with Gasteiger partial charge < -0.3 is 0 Å². The molecule has 1 aromatic carbocycles. The molecule has 0 nitrogen and oxygen atoms in total. The van der Waals surface area contributed by atoms with Gasteiger partial charge in [0.15, 0.2) is 0 Å². The molecule has 0 unspecified atom stereocenters.